The summed E-state index contributed by atoms with van der Waals surface area (Å²) in [5.41, 5.74) is 3.08. The van der Waals surface area contributed by atoms with Crippen LogP contribution in [0.5, 0.6) is 11.5 Å². The van der Waals surface area contributed by atoms with Crippen molar-refractivity contribution in [3.05, 3.63) is 94.3 Å². The summed E-state index contributed by atoms with van der Waals surface area (Å²) >= 11 is 0. The van der Waals surface area contributed by atoms with Crippen LogP contribution in [0.3, 0.4) is 0 Å². The van der Waals surface area contributed by atoms with Gasteiger partial charge >= 0.3 is 0 Å². The van der Waals surface area contributed by atoms with Crippen LogP contribution < -0.4 is 9.47 Å². The Hall–Kier alpha value is -2.99. The van der Waals surface area contributed by atoms with E-state index in [9.17, 15) is 13.2 Å². The number of hydrogen-bond donors (Lipinski definition) is 0. The number of fused-ring (bicyclic) bond motifs is 1. The fourth-order valence-electron chi connectivity index (χ4n) is 4.09. The zero-order chi connectivity index (χ0) is 21.3. The lowest BCUT2D eigenvalue weighted by molar-refractivity contribution is 0.200. The molecule has 156 valence electrons. The second-order valence-electron chi connectivity index (χ2n) is 7.29. The smallest absolute Gasteiger partial charge is 0.161 e. The van der Waals surface area contributed by atoms with Gasteiger partial charge in [-0.25, -0.2) is 13.2 Å². The Morgan fingerprint density at radius 1 is 0.867 bits per heavy atom. The molecule has 30 heavy (non-hydrogen) atoms. The molecular weight excluding hydrogens is 391 g/mol. The standard InChI is InChI=1S/C24H22F3NO2/c1-29-22-12-15-9-10-28(14-17-5-3-4-6-19(17)25)24(18(15)13-23(22)30-2)16-7-8-20(26)21(27)11-16/h3-8,11-13,24H,9-10,14H2,1-2H3. The zero-order valence-electron chi connectivity index (χ0n) is 16.8. The van der Waals surface area contributed by atoms with Gasteiger partial charge < -0.3 is 9.47 Å². The highest BCUT2D eigenvalue weighted by Crippen LogP contribution is 2.41. The SMILES string of the molecule is COc1cc2c(cc1OC)C(c1ccc(F)c(F)c1)N(Cc1ccccc1F)CC2. The maximum atomic E-state index is 14.3. The lowest BCUT2D eigenvalue weighted by atomic mass is 9.87. The van der Waals surface area contributed by atoms with Gasteiger partial charge in [-0.1, -0.05) is 24.3 Å². The van der Waals surface area contributed by atoms with E-state index < -0.39 is 11.6 Å². The van der Waals surface area contributed by atoms with Crippen molar-refractivity contribution in [1.29, 1.82) is 0 Å². The van der Waals surface area contributed by atoms with Gasteiger partial charge in [0.1, 0.15) is 5.82 Å². The summed E-state index contributed by atoms with van der Waals surface area (Å²) in [6.45, 7) is 0.963. The second-order valence-corrected chi connectivity index (χ2v) is 7.29. The van der Waals surface area contributed by atoms with E-state index in [1.165, 1.54) is 12.1 Å². The van der Waals surface area contributed by atoms with Crippen molar-refractivity contribution in [2.75, 3.05) is 20.8 Å². The number of nitrogens with zero attached hydrogens (tertiary/aromatic N) is 1. The molecule has 3 aromatic carbocycles. The van der Waals surface area contributed by atoms with Crippen LogP contribution in [0.2, 0.25) is 0 Å². The molecule has 0 aromatic heterocycles. The molecular formula is C24H22F3NO2. The predicted molar refractivity (Wildman–Crippen MR) is 108 cm³/mol. The van der Waals surface area contributed by atoms with E-state index in [1.807, 2.05) is 12.1 Å². The Morgan fingerprint density at radius 2 is 1.60 bits per heavy atom. The first kappa shape index (κ1) is 20.3. The monoisotopic (exact) mass is 413 g/mol. The van der Waals surface area contributed by atoms with E-state index in [1.54, 1.807) is 38.5 Å². The summed E-state index contributed by atoms with van der Waals surface area (Å²) in [6.07, 6.45) is 0.713. The van der Waals surface area contributed by atoms with E-state index in [0.29, 0.717) is 42.1 Å². The lowest BCUT2D eigenvalue weighted by Crippen LogP contribution is -2.36. The van der Waals surface area contributed by atoms with Crippen molar-refractivity contribution in [3.8, 4) is 11.5 Å². The first-order valence-electron chi connectivity index (χ1n) is 9.69. The van der Waals surface area contributed by atoms with Gasteiger partial charge in [0.15, 0.2) is 23.1 Å². The molecule has 6 heteroatoms. The average Bonchev–Trinajstić information content (AvgIpc) is 2.76. The third-order valence-electron chi connectivity index (χ3n) is 5.56. The van der Waals surface area contributed by atoms with Gasteiger partial charge in [0, 0.05) is 18.7 Å². The van der Waals surface area contributed by atoms with Crippen molar-refractivity contribution in [3.63, 3.8) is 0 Å². The minimum atomic E-state index is -0.911. The van der Waals surface area contributed by atoms with Gasteiger partial charge in [-0.3, -0.25) is 4.90 Å². The summed E-state index contributed by atoms with van der Waals surface area (Å²) in [6, 6.07) is 13.9. The van der Waals surface area contributed by atoms with Crippen LogP contribution in [0.25, 0.3) is 0 Å². The third kappa shape index (κ3) is 3.75. The van der Waals surface area contributed by atoms with Gasteiger partial charge in [0.05, 0.1) is 20.3 Å². The van der Waals surface area contributed by atoms with Crippen molar-refractivity contribution in [1.82, 2.24) is 4.90 Å². The Kier molecular flexibility index (Phi) is 5.68. The first-order valence-corrected chi connectivity index (χ1v) is 9.69. The minimum Gasteiger partial charge on any atom is -0.493 e. The van der Waals surface area contributed by atoms with E-state index in [4.69, 9.17) is 9.47 Å². The van der Waals surface area contributed by atoms with Crippen LogP contribution in [0.1, 0.15) is 28.3 Å². The van der Waals surface area contributed by atoms with Gasteiger partial charge in [-0.2, -0.15) is 0 Å². The molecule has 4 rings (SSSR count). The van der Waals surface area contributed by atoms with E-state index in [0.717, 1.165) is 17.2 Å². The minimum absolute atomic E-state index is 0.292. The summed E-state index contributed by atoms with van der Waals surface area (Å²) < 4.78 is 52.9. The molecule has 1 atom stereocenters. The lowest BCUT2D eigenvalue weighted by Gasteiger charge is -2.38. The third-order valence-corrected chi connectivity index (χ3v) is 5.56. The molecule has 1 heterocycles. The Labute approximate surface area is 173 Å². The van der Waals surface area contributed by atoms with Gasteiger partial charge in [-0.05, 0) is 53.4 Å². The fourth-order valence-corrected chi connectivity index (χ4v) is 4.09. The van der Waals surface area contributed by atoms with Gasteiger partial charge in [-0.15, -0.1) is 0 Å². The topological polar surface area (TPSA) is 21.7 Å². The fraction of sp³-hybridized carbons (Fsp3) is 0.250. The molecule has 3 aromatic rings. The molecule has 0 aliphatic carbocycles. The number of rotatable bonds is 5. The molecule has 0 bridgehead atoms. The Bertz CT molecular complexity index is 1070. The maximum absolute atomic E-state index is 14.3. The van der Waals surface area contributed by atoms with Crippen LogP contribution in [-0.4, -0.2) is 25.7 Å². The van der Waals surface area contributed by atoms with E-state index >= 15 is 0 Å². The molecule has 0 spiro atoms. The molecule has 3 nitrogen and oxygen atoms in total. The summed E-state index contributed by atoms with van der Waals surface area (Å²) in [5, 5.41) is 0. The molecule has 0 N–H and O–H groups in total. The quantitative estimate of drug-likeness (QED) is 0.569. The van der Waals surface area contributed by atoms with Crippen LogP contribution in [0.4, 0.5) is 13.2 Å². The molecule has 1 aliphatic heterocycles. The summed E-state index contributed by atoms with van der Waals surface area (Å²) in [4.78, 5) is 2.07. The summed E-state index contributed by atoms with van der Waals surface area (Å²) in [7, 11) is 3.13. The number of halogens is 3. The predicted octanol–water partition coefficient (Wildman–Crippen LogP) is 5.27. The van der Waals surface area contributed by atoms with Crippen molar-refractivity contribution in [2.24, 2.45) is 0 Å². The molecule has 0 amide bonds. The zero-order valence-corrected chi connectivity index (χ0v) is 16.8. The van der Waals surface area contributed by atoms with Crippen LogP contribution in [0, 0.1) is 17.5 Å². The number of hydrogen-bond acceptors (Lipinski definition) is 3. The number of ether oxygens (including phenoxy) is 2. The number of benzene rings is 3. The van der Waals surface area contributed by atoms with Gasteiger partial charge in [0.2, 0.25) is 0 Å². The van der Waals surface area contributed by atoms with E-state index in [2.05, 4.69) is 4.90 Å². The highest BCUT2D eigenvalue weighted by molar-refractivity contribution is 5.51. The molecule has 0 radical (unpaired) electrons. The summed E-state index contributed by atoms with van der Waals surface area (Å²) in [5.74, 6) is -0.937. The first-order chi connectivity index (χ1) is 14.5. The molecule has 1 aliphatic rings. The molecule has 0 fully saturated rings. The van der Waals surface area contributed by atoms with Crippen molar-refractivity contribution >= 4 is 0 Å². The highest BCUT2D eigenvalue weighted by Gasteiger charge is 2.31. The maximum Gasteiger partial charge on any atom is 0.161 e. The van der Waals surface area contributed by atoms with Gasteiger partial charge in [0.25, 0.3) is 0 Å². The van der Waals surface area contributed by atoms with Crippen LogP contribution in [-0.2, 0) is 13.0 Å². The second kappa shape index (κ2) is 8.40. The van der Waals surface area contributed by atoms with Crippen molar-refractivity contribution in [2.45, 2.75) is 19.0 Å². The normalized spacial score (nSPS) is 16.2. The van der Waals surface area contributed by atoms with Crippen molar-refractivity contribution < 1.29 is 22.6 Å². The Morgan fingerprint density at radius 3 is 2.30 bits per heavy atom. The van der Waals surface area contributed by atoms with Crippen LogP contribution in [0.15, 0.2) is 54.6 Å². The van der Waals surface area contributed by atoms with Crippen LogP contribution >= 0.6 is 0 Å². The Balaban J connectivity index is 1.83. The molecule has 0 saturated carbocycles. The van der Waals surface area contributed by atoms with E-state index in [-0.39, 0.29) is 11.9 Å². The number of methoxy groups -OCH3 is 2. The average molecular weight is 413 g/mol. The molecule has 0 saturated heterocycles. The highest BCUT2D eigenvalue weighted by atomic mass is 19.2. The largest absolute Gasteiger partial charge is 0.493 e. The molecule has 1 unspecified atom stereocenters.